The first-order chi connectivity index (χ1) is 19.3. The minimum absolute atomic E-state index is 0. The maximum atomic E-state index is 10.8. The Bertz CT molecular complexity index is 1130. The van der Waals surface area contributed by atoms with E-state index in [0.29, 0.717) is 0 Å². The second-order valence-electron chi connectivity index (χ2n) is 8.15. The van der Waals surface area contributed by atoms with Crippen LogP contribution in [0.5, 0.6) is 0 Å². The molecular weight excluding hydrogens is 646 g/mol. The van der Waals surface area contributed by atoms with Gasteiger partial charge in [-0.05, 0) is 60.8 Å². The van der Waals surface area contributed by atoms with Gasteiger partial charge in [-0.1, -0.05) is 24.4 Å². The van der Waals surface area contributed by atoms with Crippen molar-refractivity contribution in [2.45, 2.75) is 38.5 Å². The van der Waals surface area contributed by atoms with Crippen molar-refractivity contribution in [1.29, 1.82) is 0 Å². The van der Waals surface area contributed by atoms with Crippen molar-refractivity contribution in [1.82, 2.24) is 0 Å². The first kappa shape index (κ1) is 43.4. The molecule has 0 aliphatic rings. The summed E-state index contributed by atoms with van der Waals surface area (Å²) < 4.78 is 3.14. The van der Waals surface area contributed by atoms with Crippen molar-refractivity contribution in [3.05, 3.63) is 152 Å². The van der Waals surface area contributed by atoms with E-state index in [1.54, 1.807) is 0 Å². The van der Waals surface area contributed by atoms with Crippen LogP contribution in [-0.4, -0.2) is 10.3 Å². The van der Waals surface area contributed by atoms with E-state index in [0.717, 1.165) is 79.7 Å². The standard InChI is InChI=1S/2C13H14N2O2.2CNS.2H2O.Zn/c2*16-14-8-4-12(5-9-14)2-1-3-13-6-10-15(17)11-7-13;2*2-1-3;;;/h2*4-11H,1-3H2;;;2*1H2;/q;;2*-1;;;+2/p+2. The molecule has 4 heterocycles. The smallest absolute Gasteiger partial charge is 0.753 e. The first-order valence-corrected chi connectivity index (χ1v) is 12.9. The number of aryl methyl sites for hydroxylation is 4. The molecule has 0 radical (unpaired) electrons. The Balaban J connectivity index is -0.000000594. The van der Waals surface area contributed by atoms with Crippen LogP contribution in [0.4, 0.5) is 0 Å². The summed E-state index contributed by atoms with van der Waals surface area (Å²) in [5, 5.41) is 60.3. The Morgan fingerprint density at radius 1 is 0.465 bits per heavy atom. The topological polar surface area (TPSA) is 218 Å². The molecule has 4 aromatic heterocycles. The maximum Gasteiger partial charge on any atom is 2.00 e. The normalized spacial score (nSPS) is 8.56. The molecule has 0 saturated heterocycles. The van der Waals surface area contributed by atoms with Crippen molar-refractivity contribution in [3.8, 4) is 0 Å². The van der Waals surface area contributed by atoms with Gasteiger partial charge in [0.05, 0.1) is 0 Å². The summed E-state index contributed by atoms with van der Waals surface area (Å²) >= 11 is 7.40. The predicted octanol–water partition coefficient (Wildman–Crippen LogP) is 1.73. The molecule has 0 fully saturated rings. The Kier molecular flexibility index (Phi) is 27.1. The van der Waals surface area contributed by atoms with Crippen LogP contribution < -0.4 is 18.9 Å². The van der Waals surface area contributed by atoms with Gasteiger partial charge in [-0.3, -0.25) is 0 Å². The third-order valence-electron chi connectivity index (χ3n) is 5.35. The van der Waals surface area contributed by atoms with Gasteiger partial charge < -0.3 is 42.6 Å². The van der Waals surface area contributed by atoms with E-state index in [4.69, 9.17) is 10.8 Å². The second kappa shape index (κ2) is 26.8. The summed E-state index contributed by atoms with van der Waals surface area (Å²) in [5.74, 6) is 0. The van der Waals surface area contributed by atoms with Gasteiger partial charge in [-0.25, -0.2) is 0 Å². The van der Waals surface area contributed by atoms with Crippen LogP contribution in [0.2, 0.25) is 0 Å². The Hall–Kier alpha value is -4.06. The molecule has 12 nitrogen and oxygen atoms in total. The van der Waals surface area contributed by atoms with Gasteiger partial charge in [-0.15, -0.1) is 0 Å². The minimum Gasteiger partial charge on any atom is -0.753 e. The molecule has 0 unspecified atom stereocenters. The Morgan fingerprint density at radius 2 is 0.605 bits per heavy atom. The minimum atomic E-state index is 0. The van der Waals surface area contributed by atoms with Gasteiger partial charge >= 0.3 is 19.5 Å². The van der Waals surface area contributed by atoms with Crippen molar-refractivity contribution in [2.75, 3.05) is 0 Å². The van der Waals surface area contributed by atoms with Gasteiger partial charge in [0, 0.05) is 48.5 Å². The number of hydrogen-bond acceptors (Lipinski definition) is 6. The summed E-state index contributed by atoms with van der Waals surface area (Å²) in [7, 11) is 0. The zero-order valence-electron chi connectivity index (χ0n) is 23.5. The van der Waals surface area contributed by atoms with E-state index in [1.807, 2.05) is 48.5 Å². The molecule has 224 valence electrons. The summed E-state index contributed by atoms with van der Waals surface area (Å²) in [6.07, 6.45) is 17.9. The number of nitrogens with zero attached hydrogens (tertiary/aromatic N) is 6. The van der Waals surface area contributed by atoms with Crippen LogP contribution in [-0.2, 0) is 56.1 Å². The number of isothiocyanates is 2. The summed E-state index contributed by atoms with van der Waals surface area (Å²) in [6.45, 7) is 0. The molecule has 0 atom stereocenters. The number of thiocarbonyl (C=S) groups is 2. The summed E-state index contributed by atoms with van der Waals surface area (Å²) in [5.41, 5.74) is 4.64. The molecule has 0 amide bonds. The molecular formula is C28H34N6O6S2Zn+2. The van der Waals surface area contributed by atoms with Crippen molar-refractivity contribution < 1.29 is 49.4 Å². The van der Waals surface area contributed by atoms with Gasteiger partial charge in [0.1, 0.15) is 0 Å². The number of rotatable bonds is 8. The first-order valence-electron chi connectivity index (χ1n) is 12.0. The van der Waals surface area contributed by atoms with Crippen LogP contribution in [0.15, 0.2) is 98.1 Å². The molecule has 4 aromatic rings. The summed E-state index contributed by atoms with van der Waals surface area (Å²) in [4.78, 5) is 0. The molecule has 6 N–H and O–H groups in total. The van der Waals surface area contributed by atoms with Gasteiger partial charge in [0.25, 0.3) is 0 Å². The Morgan fingerprint density at radius 3 is 0.744 bits per heavy atom. The van der Waals surface area contributed by atoms with Gasteiger partial charge in [0.2, 0.25) is 0 Å². The van der Waals surface area contributed by atoms with Crippen molar-refractivity contribution in [3.63, 3.8) is 0 Å². The van der Waals surface area contributed by atoms with Gasteiger partial charge in [-0.2, -0.15) is 29.2 Å². The quantitative estimate of drug-likeness (QED) is 0.0673. The molecule has 0 aliphatic carbocycles. The predicted molar refractivity (Wildman–Crippen MR) is 167 cm³/mol. The van der Waals surface area contributed by atoms with E-state index in [2.05, 4.69) is 24.4 Å². The fraction of sp³-hybridized carbons (Fsp3) is 0.214. The van der Waals surface area contributed by atoms with Crippen LogP contribution in [0.25, 0.3) is 10.8 Å². The molecule has 0 aromatic carbocycles. The number of aromatic nitrogens is 4. The summed E-state index contributed by atoms with van der Waals surface area (Å²) in [6, 6.07) is 14.7. The SMILES string of the molecule is [N-]=C=S.[N-]=C=S.[O-][n+]1ccc(CCCc2cc[n+]([O-])cc2)cc1.[O-][n+]1ccc(CCCc2cc[n+]([O-])cc2)cc1.[OH3+].[OH3+].[Zn+2]. The molecule has 0 saturated carbocycles. The fourth-order valence-electron chi connectivity index (χ4n) is 3.43. The van der Waals surface area contributed by atoms with Gasteiger partial charge in [0.15, 0.2) is 49.6 Å². The monoisotopic (exact) mass is 678 g/mol. The van der Waals surface area contributed by atoms with Crippen LogP contribution >= 0.6 is 24.4 Å². The average Bonchev–Trinajstić information content (AvgIpc) is 2.94. The van der Waals surface area contributed by atoms with Crippen molar-refractivity contribution in [2.24, 2.45) is 0 Å². The molecule has 0 spiro atoms. The number of hydrogen-bond donors (Lipinski definition) is 0. The van der Waals surface area contributed by atoms with E-state index >= 15 is 0 Å². The van der Waals surface area contributed by atoms with E-state index < -0.39 is 0 Å². The van der Waals surface area contributed by atoms with E-state index in [9.17, 15) is 20.8 Å². The number of pyridine rings is 4. The fourth-order valence-corrected chi connectivity index (χ4v) is 3.43. The third-order valence-corrected chi connectivity index (χ3v) is 5.35. The zero-order chi connectivity index (χ0) is 29.6. The van der Waals surface area contributed by atoms with E-state index in [1.165, 1.54) is 59.9 Å². The zero-order valence-corrected chi connectivity index (χ0v) is 28.1. The largest absolute Gasteiger partial charge is 2.00 e. The molecule has 4 rings (SSSR count). The van der Waals surface area contributed by atoms with Crippen LogP contribution in [0.3, 0.4) is 0 Å². The maximum absolute atomic E-state index is 10.8. The third kappa shape index (κ3) is 21.3. The second-order valence-corrected chi connectivity index (χ2v) is 8.52. The van der Waals surface area contributed by atoms with Crippen molar-refractivity contribution >= 4 is 34.8 Å². The van der Waals surface area contributed by atoms with Crippen LogP contribution in [0, 0.1) is 20.8 Å². The molecule has 0 bridgehead atoms. The Labute approximate surface area is 273 Å². The molecule has 15 heteroatoms. The van der Waals surface area contributed by atoms with Crippen LogP contribution in [0.1, 0.15) is 35.1 Å². The van der Waals surface area contributed by atoms with E-state index in [-0.39, 0.29) is 30.4 Å². The average molecular weight is 680 g/mol. The molecule has 0 aliphatic heterocycles. The molecule has 43 heavy (non-hydrogen) atoms.